The Morgan fingerprint density at radius 2 is 2.03 bits per heavy atom. The Balaban J connectivity index is 1.22. The highest BCUT2D eigenvalue weighted by Gasteiger charge is 2.46. The highest BCUT2D eigenvalue weighted by molar-refractivity contribution is 5.94. The number of hydrogen-bond donors (Lipinski definition) is 1. The van der Waals surface area contributed by atoms with E-state index in [1.54, 1.807) is 4.90 Å². The zero-order chi connectivity index (χ0) is 21.8. The van der Waals surface area contributed by atoms with Crippen molar-refractivity contribution < 1.29 is 19.4 Å². The maximum absolute atomic E-state index is 12.3. The first-order chi connectivity index (χ1) is 15.6. The van der Waals surface area contributed by atoms with Gasteiger partial charge in [0.2, 0.25) is 0 Å². The van der Waals surface area contributed by atoms with Crippen LogP contribution in [0.25, 0.3) is 11.1 Å². The van der Waals surface area contributed by atoms with Crippen LogP contribution < -0.4 is 14.5 Å². The number of aromatic nitrogens is 1. The summed E-state index contributed by atoms with van der Waals surface area (Å²) in [4.78, 5) is 23.6. The molecule has 8 heteroatoms. The van der Waals surface area contributed by atoms with Gasteiger partial charge in [-0.1, -0.05) is 6.07 Å². The number of likely N-dealkylation sites (tertiary alicyclic amines) is 1. The molecule has 6 rings (SSSR count). The Morgan fingerprint density at radius 1 is 1.16 bits per heavy atom. The fraction of sp³-hybridized carbons (Fsp3) is 0.500. The summed E-state index contributed by atoms with van der Waals surface area (Å²) >= 11 is 0. The predicted molar refractivity (Wildman–Crippen MR) is 120 cm³/mol. The quantitative estimate of drug-likeness (QED) is 0.791. The molecule has 32 heavy (non-hydrogen) atoms. The van der Waals surface area contributed by atoms with E-state index in [1.165, 1.54) is 19.4 Å². The molecule has 3 saturated heterocycles. The van der Waals surface area contributed by atoms with Gasteiger partial charge in [-0.15, -0.1) is 0 Å². The molecule has 168 valence electrons. The largest absolute Gasteiger partial charge is 0.489 e. The molecule has 0 radical (unpaired) electrons. The normalized spacial score (nSPS) is 29.2. The molecule has 0 saturated carbocycles. The highest BCUT2D eigenvalue weighted by Crippen LogP contribution is 2.41. The number of benzene rings is 1. The molecule has 4 aliphatic heterocycles. The number of likely N-dealkylation sites (N-methyl/N-ethyl adjacent to an activating group) is 1. The molecule has 1 unspecified atom stereocenters. The fourth-order valence-electron chi connectivity index (χ4n) is 5.70. The van der Waals surface area contributed by atoms with E-state index >= 15 is 0 Å². The average Bonchev–Trinajstić information content (AvgIpc) is 3.41. The van der Waals surface area contributed by atoms with Crippen molar-refractivity contribution in [3.05, 3.63) is 36.5 Å². The first-order valence-electron chi connectivity index (χ1n) is 11.4. The lowest BCUT2D eigenvalue weighted by Gasteiger charge is -2.33. The minimum Gasteiger partial charge on any atom is -0.489 e. The molecule has 4 atom stereocenters. The van der Waals surface area contributed by atoms with E-state index in [0.29, 0.717) is 24.1 Å². The number of cyclic esters (lactones) is 1. The Kier molecular flexibility index (Phi) is 4.73. The second-order valence-corrected chi connectivity index (χ2v) is 9.30. The van der Waals surface area contributed by atoms with Crippen LogP contribution in [0.2, 0.25) is 0 Å². The molecule has 1 N–H and O–H groups in total. The van der Waals surface area contributed by atoms with Crippen LogP contribution in [0, 0.1) is 5.92 Å². The van der Waals surface area contributed by atoms with Gasteiger partial charge in [-0.25, -0.2) is 9.78 Å². The molecule has 1 amide bonds. The second-order valence-electron chi connectivity index (χ2n) is 9.30. The Hall–Kier alpha value is -2.84. The molecule has 4 aliphatic rings. The Labute approximate surface area is 187 Å². The number of hydrogen-bond acceptors (Lipinski definition) is 7. The van der Waals surface area contributed by atoms with Gasteiger partial charge in [0.15, 0.2) is 6.10 Å². The molecule has 3 fully saturated rings. The summed E-state index contributed by atoms with van der Waals surface area (Å²) in [5, 5.41) is 9.47. The maximum atomic E-state index is 12.3. The van der Waals surface area contributed by atoms with Gasteiger partial charge in [-0.05, 0) is 62.2 Å². The van der Waals surface area contributed by atoms with E-state index in [0.717, 1.165) is 36.0 Å². The van der Waals surface area contributed by atoms with Crippen LogP contribution in [-0.4, -0.2) is 79.2 Å². The molecule has 5 heterocycles. The van der Waals surface area contributed by atoms with Crippen molar-refractivity contribution >= 4 is 17.6 Å². The van der Waals surface area contributed by atoms with E-state index in [4.69, 9.17) is 14.5 Å². The summed E-state index contributed by atoms with van der Waals surface area (Å²) in [6.07, 6.45) is 3.52. The molecule has 0 aliphatic carbocycles. The molecule has 1 aromatic carbocycles. The first-order valence-corrected chi connectivity index (χ1v) is 11.4. The Bertz CT molecular complexity index is 1030. The van der Waals surface area contributed by atoms with Gasteiger partial charge in [-0.2, -0.15) is 0 Å². The van der Waals surface area contributed by atoms with E-state index in [9.17, 15) is 9.90 Å². The predicted octanol–water partition coefficient (Wildman–Crippen LogP) is 2.36. The van der Waals surface area contributed by atoms with Crippen molar-refractivity contribution in [3.8, 4) is 16.9 Å². The van der Waals surface area contributed by atoms with Crippen molar-refractivity contribution in [1.29, 1.82) is 0 Å². The number of aliphatic hydroxyl groups excluding tert-OH is 1. The standard InChI is InChI=1S/C24H28N4O4/c1-26-8-2-3-17-11-27(12-19(17)26)23-7-5-16(10-25-23)15-4-6-18-21(9-15)31-14-20-22(13-29)32-24(30)28(18)20/h4-7,9-10,17,19-20,22,29H,2-3,8,11-14H2,1H3/t17-,19+,20?,22-/m0/s1. The third-order valence-corrected chi connectivity index (χ3v) is 7.48. The summed E-state index contributed by atoms with van der Waals surface area (Å²) in [5.41, 5.74) is 2.68. The number of carbonyl (C=O) groups is 1. The number of carbonyl (C=O) groups excluding carboxylic acids is 1. The number of piperidine rings is 1. The fourth-order valence-corrected chi connectivity index (χ4v) is 5.70. The van der Waals surface area contributed by atoms with Gasteiger partial charge >= 0.3 is 6.09 Å². The number of fused-ring (bicyclic) bond motifs is 4. The zero-order valence-electron chi connectivity index (χ0n) is 18.2. The van der Waals surface area contributed by atoms with Gasteiger partial charge in [0.1, 0.15) is 24.2 Å². The minimum atomic E-state index is -0.554. The number of anilines is 2. The van der Waals surface area contributed by atoms with Gasteiger partial charge in [0.25, 0.3) is 0 Å². The highest BCUT2D eigenvalue weighted by atomic mass is 16.6. The summed E-state index contributed by atoms with van der Waals surface area (Å²) in [5.74, 6) is 2.41. The first kappa shape index (κ1) is 19.8. The number of rotatable bonds is 3. The van der Waals surface area contributed by atoms with Crippen molar-refractivity contribution in [2.45, 2.75) is 31.0 Å². The molecule has 8 nitrogen and oxygen atoms in total. The number of amides is 1. The van der Waals surface area contributed by atoms with Gasteiger partial charge in [-0.3, -0.25) is 4.90 Å². The smallest absolute Gasteiger partial charge is 0.415 e. The zero-order valence-corrected chi connectivity index (χ0v) is 18.2. The van der Waals surface area contributed by atoms with Crippen LogP contribution in [0.4, 0.5) is 16.3 Å². The second kappa shape index (κ2) is 7.64. The third-order valence-electron chi connectivity index (χ3n) is 7.48. The molecular weight excluding hydrogens is 408 g/mol. The van der Waals surface area contributed by atoms with Gasteiger partial charge in [0.05, 0.1) is 12.3 Å². The molecule has 1 aromatic heterocycles. The van der Waals surface area contributed by atoms with Gasteiger partial charge in [0, 0.05) is 30.9 Å². The lowest BCUT2D eigenvalue weighted by Crippen LogP contribution is -2.45. The lowest BCUT2D eigenvalue weighted by molar-refractivity contribution is 0.0734. The Morgan fingerprint density at radius 3 is 2.81 bits per heavy atom. The number of nitrogens with zero attached hydrogens (tertiary/aromatic N) is 4. The number of ether oxygens (including phenoxy) is 2. The summed E-state index contributed by atoms with van der Waals surface area (Å²) in [6.45, 7) is 3.41. The van der Waals surface area contributed by atoms with E-state index in [1.807, 2.05) is 24.4 Å². The maximum Gasteiger partial charge on any atom is 0.415 e. The van der Waals surface area contributed by atoms with E-state index in [2.05, 4.69) is 29.0 Å². The van der Waals surface area contributed by atoms with Crippen LogP contribution in [0.15, 0.2) is 36.5 Å². The number of aliphatic hydroxyl groups is 1. The van der Waals surface area contributed by atoms with Crippen LogP contribution in [-0.2, 0) is 4.74 Å². The summed E-state index contributed by atoms with van der Waals surface area (Å²) in [6, 6.07) is 10.3. The van der Waals surface area contributed by atoms with E-state index < -0.39 is 12.2 Å². The van der Waals surface area contributed by atoms with Crippen LogP contribution in [0.5, 0.6) is 5.75 Å². The molecule has 0 bridgehead atoms. The average molecular weight is 437 g/mol. The molecule has 2 aromatic rings. The van der Waals surface area contributed by atoms with E-state index in [-0.39, 0.29) is 12.6 Å². The summed E-state index contributed by atoms with van der Waals surface area (Å²) in [7, 11) is 2.24. The van der Waals surface area contributed by atoms with Crippen molar-refractivity contribution in [1.82, 2.24) is 9.88 Å². The van der Waals surface area contributed by atoms with Crippen LogP contribution >= 0.6 is 0 Å². The SMILES string of the molecule is CN1CCC[C@H]2CN(c3ccc(-c4ccc5c(c4)OCC4[C@H](CO)OC(=O)N54)cn3)C[C@H]21. The van der Waals surface area contributed by atoms with Crippen molar-refractivity contribution in [2.24, 2.45) is 5.92 Å². The number of pyridine rings is 1. The van der Waals surface area contributed by atoms with Gasteiger partial charge < -0.3 is 24.4 Å². The van der Waals surface area contributed by atoms with Crippen molar-refractivity contribution in [2.75, 3.05) is 49.7 Å². The lowest BCUT2D eigenvalue weighted by atomic mass is 9.93. The summed E-state index contributed by atoms with van der Waals surface area (Å²) < 4.78 is 11.2. The molecule has 0 spiro atoms. The molecular formula is C24H28N4O4. The third kappa shape index (κ3) is 3.12. The van der Waals surface area contributed by atoms with Crippen molar-refractivity contribution in [3.63, 3.8) is 0 Å². The minimum absolute atomic E-state index is 0.212. The topological polar surface area (TPSA) is 78.4 Å². The van der Waals surface area contributed by atoms with Crippen LogP contribution in [0.1, 0.15) is 12.8 Å². The van der Waals surface area contributed by atoms with Crippen LogP contribution in [0.3, 0.4) is 0 Å². The monoisotopic (exact) mass is 436 g/mol.